The van der Waals surface area contributed by atoms with E-state index in [4.69, 9.17) is 5.11 Å². The van der Waals surface area contributed by atoms with Gasteiger partial charge >= 0.3 is 0 Å². The summed E-state index contributed by atoms with van der Waals surface area (Å²) in [4.78, 5) is 0. The van der Waals surface area contributed by atoms with Crippen molar-refractivity contribution in [1.29, 1.82) is 0 Å². The molecule has 3 N–H and O–H groups in total. The Bertz CT molecular complexity index is 216. The molecule has 17 heavy (non-hydrogen) atoms. The maximum atomic E-state index is 9.45. The van der Waals surface area contributed by atoms with Crippen LogP contribution in [0.3, 0.4) is 0 Å². The Morgan fingerprint density at radius 3 is 2.65 bits per heavy atom. The van der Waals surface area contributed by atoms with Gasteiger partial charge in [0.25, 0.3) is 0 Å². The quantitative estimate of drug-likeness (QED) is 0.678. The van der Waals surface area contributed by atoms with Crippen LogP contribution in [0.25, 0.3) is 0 Å². The predicted octanol–water partition coefficient (Wildman–Crippen LogP) is 1.49. The molecule has 0 aromatic heterocycles. The summed E-state index contributed by atoms with van der Waals surface area (Å²) in [6.07, 6.45) is 1.92. The Kier molecular flexibility index (Phi) is 6.85. The molecule has 102 valence electrons. The van der Waals surface area contributed by atoms with Crippen LogP contribution in [-0.2, 0) is 0 Å². The van der Waals surface area contributed by atoms with Crippen molar-refractivity contribution in [3.05, 3.63) is 0 Å². The largest absolute Gasteiger partial charge is 0.394 e. The number of thioether (sulfide) groups is 1. The van der Waals surface area contributed by atoms with Crippen LogP contribution < -0.4 is 5.32 Å². The van der Waals surface area contributed by atoms with Gasteiger partial charge in [-0.2, -0.15) is 11.8 Å². The van der Waals surface area contributed by atoms with E-state index in [0.717, 1.165) is 12.5 Å². The van der Waals surface area contributed by atoms with Crippen LogP contribution in [0.1, 0.15) is 33.6 Å². The molecule has 0 aliphatic heterocycles. The van der Waals surface area contributed by atoms with Gasteiger partial charge < -0.3 is 15.5 Å². The maximum Gasteiger partial charge on any atom is 0.0861 e. The molecule has 1 aliphatic rings. The zero-order valence-corrected chi connectivity index (χ0v) is 12.0. The fraction of sp³-hybridized carbons (Fsp3) is 1.00. The molecule has 1 aliphatic carbocycles. The average Bonchev–Trinajstić information content (AvgIpc) is 2.27. The normalized spacial score (nSPS) is 35.8. The molecule has 3 nitrogen and oxygen atoms in total. The second kappa shape index (κ2) is 7.62. The Morgan fingerprint density at radius 2 is 2.06 bits per heavy atom. The molecule has 0 bridgehead atoms. The lowest BCUT2D eigenvalue weighted by Gasteiger charge is -2.40. The van der Waals surface area contributed by atoms with Crippen LogP contribution in [0, 0.1) is 11.8 Å². The Balaban J connectivity index is 2.51. The lowest BCUT2D eigenvalue weighted by Crippen LogP contribution is -2.46. The molecule has 1 saturated carbocycles. The van der Waals surface area contributed by atoms with Crippen LogP contribution in [0.15, 0.2) is 0 Å². The molecule has 4 heteroatoms. The number of aliphatic hydroxyl groups excluding tert-OH is 2. The molecular formula is C13H27NO2S. The number of nitrogens with one attached hydrogen (secondary N) is 1. The van der Waals surface area contributed by atoms with E-state index in [-0.39, 0.29) is 6.61 Å². The molecule has 0 aromatic rings. The lowest BCUT2D eigenvalue weighted by atomic mass is 9.80. The minimum absolute atomic E-state index is 0.129. The standard InChI is InChI=1S/C13H27NO2S/c1-4-14-12-6-9(2)5-10(3)13(12)17-8-11(16)7-15/h9-16H,4-8H2,1-3H3. The number of hydrogen-bond acceptors (Lipinski definition) is 4. The maximum absolute atomic E-state index is 9.45. The SMILES string of the molecule is CCNC1CC(C)CC(C)C1SCC(O)CO. The minimum Gasteiger partial charge on any atom is -0.394 e. The van der Waals surface area contributed by atoms with Crippen molar-refractivity contribution < 1.29 is 10.2 Å². The number of rotatable bonds is 6. The highest BCUT2D eigenvalue weighted by Crippen LogP contribution is 2.36. The van der Waals surface area contributed by atoms with E-state index in [2.05, 4.69) is 26.1 Å². The smallest absolute Gasteiger partial charge is 0.0861 e. The summed E-state index contributed by atoms with van der Waals surface area (Å²) in [5.41, 5.74) is 0. The fourth-order valence-electron chi connectivity index (χ4n) is 2.85. The highest BCUT2D eigenvalue weighted by molar-refractivity contribution is 8.00. The van der Waals surface area contributed by atoms with E-state index in [9.17, 15) is 5.11 Å². The van der Waals surface area contributed by atoms with Crippen molar-refractivity contribution in [2.75, 3.05) is 18.9 Å². The van der Waals surface area contributed by atoms with E-state index in [1.165, 1.54) is 12.8 Å². The van der Waals surface area contributed by atoms with Crippen LogP contribution in [0.5, 0.6) is 0 Å². The van der Waals surface area contributed by atoms with E-state index < -0.39 is 6.10 Å². The molecule has 0 spiro atoms. The second-order valence-electron chi connectivity index (χ2n) is 5.35. The van der Waals surface area contributed by atoms with Gasteiger partial charge in [0.1, 0.15) is 0 Å². The van der Waals surface area contributed by atoms with Gasteiger partial charge in [0.15, 0.2) is 0 Å². The van der Waals surface area contributed by atoms with Gasteiger partial charge in [-0.05, 0) is 31.2 Å². The Hall–Kier alpha value is 0.230. The van der Waals surface area contributed by atoms with Crippen LogP contribution >= 0.6 is 11.8 Å². The highest BCUT2D eigenvalue weighted by Gasteiger charge is 2.33. The van der Waals surface area contributed by atoms with Gasteiger partial charge in [-0.15, -0.1) is 0 Å². The van der Waals surface area contributed by atoms with Crippen LogP contribution in [-0.4, -0.2) is 46.5 Å². The average molecular weight is 261 g/mol. The van der Waals surface area contributed by atoms with Gasteiger partial charge in [0, 0.05) is 17.0 Å². The summed E-state index contributed by atoms with van der Waals surface area (Å²) in [7, 11) is 0. The first-order chi connectivity index (χ1) is 8.08. The summed E-state index contributed by atoms with van der Waals surface area (Å²) >= 11 is 1.82. The van der Waals surface area contributed by atoms with Gasteiger partial charge in [-0.25, -0.2) is 0 Å². The third-order valence-corrected chi connectivity index (χ3v) is 5.30. The monoisotopic (exact) mass is 261 g/mol. The van der Waals surface area contributed by atoms with Crippen molar-refractivity contribution in [2.45, 2.75) is 51.0 Å². The molecule has 0 radical (unpaired) electrons. The second-order valence-corrected chi connectivity index (χ2v) is 6.56. The molecular weight excluding hydrogens is 234 g/mol. The van der Waals surface area contributed by atoms with E-state index in [1.54, 1.807) is 0 Å². The number of hydrogen-bond donors (Lipinski definition) is 3. The third-order valence-electron chi connectivity index (χ3n) is 3.55. The molecule has 5 unspecified atom stereocenters. The van der Waals surface area contributed by atoms with Crippen molar-refractivity contribution in [2.24, 2.45) is 11.8 Å². The topological polar surface area (TPSA) is 52.5 Å². The zero-order valence-electron chi connectivity index (χ0n) is 11.2. The first kappa shape index (κ1) is 15.3. The third kappa shape index (κ3) is 4.78. The summed E-state index contributed by atoms with van der Waals surface area (Å²) in [6, 6.07) is 0.551. The summed E-state index contributed by atoms with van der Waals surface area (Å²) in [5.74, 6) is 2.11. The van der Waals surface area contributed by atoms with Crippen molar-refractivity contribution in [3.63, 3.8) is 0 Å². The zero-order chi connectivity index (χ0) is 12.8. The Morgan fingerprint density at radius 1 is 1.35 bits per heavy atom. The molecule has 0 saturated heterocycles. The number of aliphatic hydroxyl groups is 2. The first-order valence-corrected chi connectivity index (χ1v) is 7.77. The first-order valence-electron chi connectivity index (χ1n) is 6.72. The molecule has 0 heterocycles. The predicted molar refractivity (Wildman–Crippen MR) is 74.4 cm³/mol. The minimum atomic E-state index is -0.575. The van der Waals surface area contributed by atoms with Crippen LogP contribution in [0.4, 0.5) is 0 Å². The van der Waals surface area contributed by atoms with E-state index in [1.807, 2.05) is 11.8 Å². The molecule has 5 atom stereocenters. The van der Waals surface area contributed by atoms with E-state index >= 15 is 0 Å². The molecule has 0 aromatic carbocycles. The van der Waals surface area contributed by atoms with Crippen molar-refractivity contribution in [3.8, 4) is 0 Å². The summed E-state index contributed by atoms with van der Waals surface area (Å²) in [5, 5.41) is 22.4. The summed E-state index contributed by atoms with van der Waals surface area (Å²) < 4.78 is 0. The lowest BCUT2D eigenvalue weighted by molar-refractivity contribution is 0.113. The molecule has 1 fully saturated rings. The Labute approximate surface area is 109 Å². The fourth-order valence-corrected chi connectivity index (χ4v) is 4.28. The van der Waals surface area contributed by atoms with Gasteiger partial charge in [0.05, 0.1) is 12.7 Å². The van der Waals surface area contributed by atoms with Crippen molar-refractivity contribution >= 4 is 11.8 Å². The van der Waals surface area contributed by atoms with Gasteiger partial charge in [0.2, 0.25) is 0 Å². The van der Waals surface area contributed by atoms with E-state index in [0.29, 0.717) is 23.0 Å². The van der Waals surface area contributed by atoms with Crippen LogP contribution in [0.2, 0.25) is 0 Å². The van der Waals surface area contributed by atoms with Gasteiger partial charge in [-0.3, -0.25) is 0 Å². The highest BCUT2D eigenvalue weighted by atomic mass is 32.2. The molecule has 0 amide bonds. The molecule has 1 rings (SSSR count). The van der Waals surface area contributed by atoms with Crippen molar-refractivity contribution in [1.82, 2.24) is 5.32 Å². The van der Waals surface area contributed by atoms with Gasteiger partial charge in [-0.1, -0.05) is 20.8 Å². The summed E-state index contributed by atoms with van der Waals surface area (Å²) in [6.45, 7) is 7.65.